The highest BCUT2D eigenvalue weighted by Gasteiger charge is 2.45. The second-order valence-electron chi connectivity index (χ2n) is 5.79. The van der Waals surface area contributed by atoms with Crippen LogP contribution in [-0.4, -0.2) is 26.8 Å². The van der Waals surface area contributed by atoms with E-state index < -0.39 is 12.2 Å². The molecular formula is C17H19ClF3N3OS. The van der Waals surface area contributed by atoms with Crippen LogP contribution in [0.2, 0.25) is 5.02 Å². The molecule has 9 heteroatoms. The molecule has 2 rings (SSSR count). The van der Waals surface area contributed by atoms with E-state index in [9.17, 15) is 18.0 Å². The van der Waals surface area contributed by atoms with Crippen molar-refractivity contribution in [1.29, 1.82) is 0 Å². The maximum atomic E-state index is 13.8. The summed E-state index contributed by atoms with van der Waals surface area (Å²) in [6.07, 6.45) is -4.49. The summed E-state index contributed by atoms with van der Waals surface area (Å²) in [5.74, 6) is 0. The van der Waals surface area contributed by atoms with Gasteiger partial charge in [0.2, 0.25) is 0 Å². The number of hydrogen-bond acceptors (Lipinski definition) is 4. The lowest BCUT2D eigenvalue weighted by Gasteiger charge is -2.32. The summed E-state index contributed by atoms with van der Waals surface area (Å²) >= 11 is 6.71. The van der Waals surface area contributed by atoms with E-state index in [4.69, 9.17) is 11.6 Å². The maximum absolute atomic E-state index is 13.8. The molecule has 0 aliphatic carbocycles. The summed E-state index contributed by atoms with van der Waals surface area (Å²) in [7, 11) is 1.51. The number of aromatic nitrogens is 2. The first-order valence-corrected chi connectivity index (χ1v) is 9.02. The van der Waals surface area contributed by atoms with E-state index >= 15 is 0 Å². The van der Waals surface area contributed by atoms with Crippen molar-refractivity contribution in [1.82, 2.24) is 14.1 Å². The monoisotopic (exact) mass is 405 g/mol. The van der Waals surface area contributed by atoms with Crippen LogP contribution in [0, 0.1) is 13.8 Å². The van der Waals surface area contributed by atoms with Gasteiger partial charge in [0.05, 0.1) is 10.6 Å². The van der Waals surface area contributed by atoms with E-state index in [-0.39, 0.29) is 17.7 Å². The molecule has 1 atom stereocenters. The molecular weight excluding hydrogens is 387 g/mol. The smallest absolute Gasteiger partial charge is 0.267 e. The standard InChI is InChI=1S/C17H19ClF3N3OS/c1-5-24(26-14-10(2)16(25)23(4)22-11(14)3)15(17(19,20)21)12-6-8-13(18)9-7-12/h6-9,15H,5H2,1-4H3. The number of aryl methyl sites for hydroxylation is 2. The highest BCUT2D eigenvalue weighted by atomic mass is 35.5. The van der Waals surface area contributed by atoms with Gasteiger partial charge in [-0.15, -0.1) is 0 Å². The van der Waals surface area contributed by atoms with Crippen LogP contribution in [0.4, 0.5) is 13.2 Å². The highest BCUT2D eigenvalue weighted by molar-refractivity contribution is 7.97. The summed E-state index contributed by atoms with van der Waals surface area (Å²) in [6, 6.07) is 3.77. The molecule has 1 heterocycles. The third-order valence-corrected chi connectivity index (χ3v) is 5.63. The topological polar surface area (TPSA) is 38.1 Å². The van der Waals surface area contributed by atoms with E-state index in [0.29, 0.717) is 21.2 Å². The van der Waals surface area contributed by atoms with Crippen LogP contribution in [0.15, 0.2) is 34.0 Å². The Labute approximate surface area is 159 Å². The molecule has 4 nitrogen and oxygen atoms in total. The highest BCUT2D eigenvalue weighted by Crippen LogP contribution is 2.43. The van der Waals surface area contributed by atoms with E-state index in [2.05, 4.69) is 5.10 Å². The summed E-state index contributed by atoms with van der Waals surface area (Å²) in [6.45, 7) is 5.03. The third kappa shape index (κ3) is 4.42. The van der Waals surface area contributed by atoms with Crippen molar-refractivity contribution < 1.29 is 13.2 Å². The van der Waals surface area contributed by atoms with Crippen LogP contribution in [0.5, 0.6) is 0 Å². The van der Waals surface area contributed by atoms with Gasteiger partial charge in [-0.3, -0.25) is 4.79 Å². The molecule has 1 aromatic heterocycles. The van der Waals surface area contributed by atoms with Crippen molar-refractivity contribution in [2.75, 3.05) is 6.54 Å². The van der Waals surface area contributed by atoms with Crippen LogP contribution in [0.3, 0.4) is 0 Å². The van der Waals surface area contributed by atoms with Gasteiger partial charge >= 0.3 is 6.18 Å². The fourth-order valence-corrected chi connectivity index (χ4v) is 3.88. The quantitative estimate of drug-likeness (QED) is 0.677. The largest absolute Gasteiger partial charge is 0.408 e. The van der Waals surface area contributed by atoms with E-state index in [1.165, 1.54) is 40.3 Å². The number of hydrogen-bond donors (Lipinski definition) is 0. The molecule has 0 saturated carbocycles. The molecule has 26 heavy (non-hydrogen) atoms. The lowest BCUT2D eigenvalue weighted by atomic mass is 10.1. The van der Waals surface area contributed by atoms with Crippen molar-refractivity contribution in [2.45, 2.75) is 37.9 Å². The van der Waals surface area contributed by atoms with Crippen molar-refractivity contribution >= 4 is 23.5 Å². The minimum Gasteiger partial charge on any atom is -0.267 e. The summed E-state index contributed by atoms with van der Waals surface area (Å²) in [4.78, 5) is 12.6. The van der Waals surface area contributed by atoms with Gasteiger partial charge in [-0.2, -0.15) is 18.3 Å². The lowest BCUT2D eigenvalue weighted by molar-refractivity contribution is -0.172. The Bertz CT molecular complexity index is 837. The van der Waals surface area contributed by atoms with Gasteiger partial charge in [0, 0.05) is 24.2 Å². The van der Waals surface area contributed by atoms with Gasteiger partial charge in [0.25, 0.3) is 5.56 Å². The first kappa shape index (κ1) is 20.8. The maximum Gasteiger partial charge on any atom is 0.408 e. The lowest BCUT2D eigenvalue weighted by Crippen LogP contribution is -2.35. The number of halogens is 4. The Morgan fingerprint density at radius 2 is 1.85 bits per heavy atom. The summed E-state index contributed by atoms with van der Waals surface area (Å²) in [5.41, 5.74) is 0.637. The fraction of sp³-hybridized carbons (Fsp3) is 0.412. The second-order valence-corrected chi connectivity index (χ2v) is 7.28. The van der Waals surface area contributed by atoms with Crippen molar-refractivity contribution in [3.63, 3.8) is 0 Å². The molecule has 0 aliphatic rings. The Hall–Kier alpha value is -1.51. The van der Waals surface area contributed by atoms with Gasteiger partial charge in [-0.25, -0.2) is 8.99 Å². The van der Waals surface area contributed by atoms with Crippen molar-refractivity contribution in [3.8, 4) is 0 Å². The molecule has 2 aromatic rings. The molecule has 0 spiro atoms. The summed E-state index contributed by atoms with van der Waals surface area (Å²) in [5, 5.41) is 4.45. The summed E-state index contributed by atoms with van der Waals surface area (Å²) < 4.78 is 43.9. The predicted molar refractivity (Wildman–Crippen MR) is 97.4 cm³/mol. The zero-order chi connectivity index (χ0) is 19.6. The number of rotatable bonds is 5. The first-order valence-electron chi connectivity index (χ1n) is 7.87. The number of alkyl halides is 3. The minimum absolute atomic E-state index is 0.0864. The van der Waals surface area contributed by atoms with Crippen LogP contribution < -0.4 is 5.56 Å². The average molecular weight is 406 g/mol. The van der Waals surface area contributed by atoms with Gasteiger partial charge in [0.15, 0.2) is 0 Å². The van der Waals surface area contributed by atoms with E-state index in [0.717, 1.165) is 11.9 Å². The SMILES string of the molecule is CCN(Sc1c(C)nn(C)c(=O)c1C)C(c1ccc(Cl)cc1)C(F)(F)F. The van der Waals surface area contributed by atoms with Gasteiger partial charge in [-0.05, 0) is 43.5 Å². The predicted octanol–water partition coefficient (Wildman–Crippen LogP) is 4.68. The fourth-order valence-electron chi connectivity index (χ4n) is 2.64. The molecule has 0 amide bonds. The molecule has 0 bridgehead atoms. The normalized spacial score (nSPS) is 13.3. The average Bonchev–Trinajstić information content (AvgIpc) is 2.56. The Balaban J connectivity index is 2.49. The molecule has 0 radical (unpaired) electrons. The van der Waals surface area contributed by atoms with Crippen molar-refractivity contribution in [2.24, 2.45) is 7.05 Å². The van der Waals surface area contributed by atoms with Crippen LogP contribution >= 0.6 is 23.5 Å². The Morgan fingerprint density at radius 1 is 1.27 bits per heavy atom. The Morgan fingerprint density at radius 3 is 2.35 bits per heavy atom. The van der Waals surface area contributed by atoms with Crippen LogP contribution in [0.1, 0.15) is 29.8 Å². The zero-order valence-electron chi connectivity index (χ0n) is 14.8. The van der Waals surface area contributed by atoms with Crippen LogP contribution in [-0.2, 0) is 7.05 Å². The van der Waals surface area contributed by atoms with E-state index in [1.54, 1.807) is 20.8 Å². The molecule has 1 aromatic carbocycles. The molecule has 0 N–H and O–H groups in total. The second kappa shape index (κ2) is 8.02. The molecule has 0 fully saturated rings. The molecule has 1 unspecified atom stereocenters. The molecule has 142 valence electrons. The molecule has 0 saturated heterocycles. The van der Waals surface area contributed by atoms with Gasteiger partial charge < -0.3 is 0 Å². The van der Waals surface area contributed by atoms with Gasteiger partial charge in [-0.1, -0.05) is 30.7 Å². The zero-order valence-corrected chi connectivity index (χ0v) is 16.3. The molecule has 0 aliphatic heterocycles. The Kier molecular flexibility index (Phi) is 6.42. The minimum atomic E-state index is -4.49. The number of benzene rings is 1. The van der Waals surface area contributed by atoms with E-state index in [1.807, 2.05) is 0 Å². The van der Waals surface area contributed by atoms with Crippen LogP contribution in [0.25, 0.3) is 0 Å². The van der Waals surface area contributed by atoms with Gasteiger partial charge in [0.1, 0.15) is 6.04 Å². The van der Waals surface area contributed by atoms with Crippen molar-refractivity contribution in [3.05, 3.63) is 56.5 Å². The number of nitrogens with zero attached hydrogens (tertiary/aromatic N) is 3. The first-order chi connectivity index (χ1) is 12.1. The third-order valence-electron chi connectivity index (χ3n) is 3.89.